The van der Waals surface area contributed by atoms with E-state index in [2.05, 4.69) is 11.8 Å². The van der Waals surface area contributed by atoms with Gasteiger partial charge in [-0.2, -0.15) is 0 Å². The second-order valence-corrected chi connectivity index (χ2v) is 6.70. The summed E-state index contributed by atoms with van der Waals surface area (Å²) in [4.78, 5) is 15.0. The zero-order chi connectivity index (χ0) is 16.3. The summed E-state index contributed by atoms with van der Waals surface area (Å²) in [5, 5.41) is 0.666. The number of ether oxygens (including phenoxy) is 1. The monoisotopic (exact) mass is 323 g/mol. The maximum atomic E-state index is 12.8. The number of benzene rings is 1. The Morgan fingerprint density at radius 2 is 2.00 bits per heavy atom. The number of halogens is 1. The lowest BCUT2D eigenvalue weighted by Gasteiger charge is -2.30. The van der Waals surface area contributed by atoms with Crippen LogP contribution in [0.25, 0.3) is 0 Å². The smallest absolute Gasteiger partial charge is 0.180 e. The Morgan fingerprint density at radius 1 is 1.36 bits per heavy atom. The highest BCUT2D eigenvalue weighted by Gasteiger charge is 2.23. The Bertz CT molecular complexity index is 549. The van der Waals surface area contributed by atoms with Crippen molar-refractivity contribution in [2.75, 3.05) is 26.2 Å². The van der Waals surface area contributed by atoms with Crippen molar-refractivity contribution in [3.8, 4) is 5.75 Å². The van der Waals surface area contributed by atoms with Crippen LogP contribution in [0.2, 0.25) is 5.02 Å². The second kappa shape index (κ2) is 7.47. The standard InChI is InChI=1S/C18H26ClNO2/c1-5-22-16-10-13(3)18(19)14(4)17(16)15(21)11-20-8-6-12(2)7-9-20/h10,12H,5-9,11H2,1-4H3. The van der Waals surface area contributed by atoms with E-state index in [-0.39, 0.29) is 5.78 Å². The maximum absolute atomic E-state index is 12.8. The predicted molar refractivity (Wildman–Crippen MR) is 91.3 cm³/mol. The van der Waals surface area contributed by atoms with E-state index in [1.54, 1.807) is 0 Å². The Labute approximate surface area is 138 Å². The summed E-state index contributed by atoms with van der Waals surface area (Å²) < 4.78 is 5.68. The van der Waals surface area contributed by atoms with Crippen molar-refractivity contribution in [3.63, 3.8) is 0 Å². The van der Waals surface area contributed by atoms with Gasteiger partial charge in [-0.05, 0) is 69.8 Å². The predicted octanol–water partition coefficient (Wildman–Crippen LogP) is 4.27. The molecule has 22 heavy (non-hydrogen) atoms. The van der Waals surface area contributed by atoms with E-state index in [4.69, 9.17) is 16.3 Å². The van der Waals surface area contributed by atoms with Gasteiger partial charge in [-0.1, -0.05) is 18.5 Å². The molecule has 122 valence electrons. The number of rotatable bonds is 5. The van der Waals surface area contributed by atoms with E-state index in [9.17, 15) is 4.79 Å². The summed E-state index contributed by atoms with van der Waals surface area (Å²) in [5.41, 5.74) is 2.43. The zero-order valence-corrected chi connectivity index (χ0v) is 14.8. The molecule has 1 saturated heterocycles. The first-order valence-electron chi connectivity index (χ1n) is 8.12. The molecule has 0 atom stereocenters. The van der Waals surface area contributed by atoms with Crippen LogP contribution in [0.3, 0.4) is 0 Å². The molecule has 0 unspecified atom stereocenters. The minimum Gasteiger partial charge on any atom is -0.493 e. The number of likely N-dealkylation sites (tertiary alicyclic amines) is 1. The second-order valence-electron chi connectivity index (χ2n) is 6.32. The average Bonchev–Trinajstić information content (AvgIpc) is 2.47. The lowest BCUT2D eigenvalue weighted by atomic mass is 9.97. The first kappa shape index (κ1) is 17.3. The third kappa shape index (κ3) is 3.82. The summed E-state index contributed by atoms with van der Waals surface area (Å²) in [6.45, 7) is 11.0. The van der Waals surface area contributed by atoms with E-state index >= 15 is 0 Å². The van der Waals surface area contributed by atoms with E-state index in [1.807, 2.05) is 26.8 Å². The van der Waals surface area contributed by atoms with E-state index in [0.29, 0.717) is 29.5 Å². The molecule has 0 saturated carbocycles. The molecule has 1 heterocycles. The molecular weight excluding hydrogens is 298 g/mol. The molecule has 0 N–H and O–H groups in total. The van der Waals surface area contributed by atoms with Crippen molar-refractivity contribution in [2.24, 2.45) is 5.92 Å². The summed E-state index contributed by atoms with van der Waals surface area (Å²) in [6, 6.07) is 1.88. The number of hydrogen-bond acceptors (Lipinski definition) is 3. The summed E-state index contributed by atoms with van der Waals surface area (Å²) in [5.74, 6) is 1.54. The molecule has 0 aromatic heterocycles. The van der Waals surface area contributed by atoms with Crippen LogP contribution in [0.4, 0.5) is 0 Å². The Kier molecular flexibility index (Phi) is 5.87. The Morgan fingerprint density at radius 3 is 2.59 bits per heavy atom. The van der Waals surface area contributed by atoms with E-state index < -0.39 is 0 Å². The van der Waals surface area contributed by atoms with E-state index in [0.717, 1.165) is 30.1 Å². The van der Waals surface area contributed by atoms with Gasteiger partial charge in [0.15, 0.2) is 5.78 Å². The van der Waals surface area contributed by atoms with Crippen LogP contribution in [0, 0.1) is 19.8 Å². The fourth-order valence-electron chi connectivity index (χ4n) is 3.04. The molecule has 0 aliphatic carbocycles. The third-order valence-electron chi connectivity index (χ3n) is 4.47. The van der Waals surface area contributed by atoms with Gasteiger partial charge in [-0.25, -0.2) is 0 Å². The normalized spacial score (nSPS) is 16.8. The van der Waals surface area contributed by atoms with Gasteiger partial charge < -0.3 is 4.74 Å². The third-order valence-corrected chi connectivity index (χ3v) is 5.05. The van der Waals surface area contributed by atoms with Crippen molar-refractivity contribution >= 4 is 17.4 Å². The summed E-state index contributed by atoms with van der Waals surface area (Å²) >= 11 is 6.34. The summed E-state index contributed by atoms with van der Waals surface area (Å²) in [7, 11) is 0. The van der Waals surface area contributed by atoms with Crippen LogP contribution >= 0.6 is 11.6 Å². The lowest BCUT2D eigenvalue weighted by Crippen LogP contribution is -2.37. The number of Topliss-reactive ketones (excluding diaryl/α,β-unsaturated/α-hetero) is 1. The quantitative estimate of drug-likeness (QED) is 0.758. The highest BCUT2D eigenvalue weighted by Crippen LogP contribution is 2.32. The van der Waals surface area contributed by atoms with Gasteiger partial charge in [0.2, 0.25) is 0 Å². The number of piperidine rings is 1. The first-order valence-corrected chi connectivity index (χ1v) is 8.49. The van der Waals surface area contributed by atoms with Crippen LogP contribution in [0.15, 0.2) is 6.07 Å². The van der Waals surface area contributed by atoms with Gasteiger partial charge in [0.05, 0.1) is 18.7 Å². The average molecular weight is 324 g/mol. The van der Waals surface area contributed by atoms with Gasteiger partial charge >= 0.3 is 0 Å². The molecule has 1 aromatic rings. The van der Waals surface area contributed by atoms with Crippen LogP contribution in [-0.2, 0) is 0 Å². The van der Waals surface area contributed by atoms with Crippen LogP contribution in [-0.4, -0.2) is 36.9 Å². The number of ketones is 1. The molecule has 0 radical (unpaired) electrons. The topological polar surface area (TPSA) is 29.5 Å². The zero-order valence-electron chi connectivity index (χ0n) is 14.0. The van der Waals surface area contributed by atoms with Gasteiger partial charge in [-0.3, -0.25) is 9.69 Å². The molecule has 0 spiro atoms. The van der Waals surface area contributed by atoms with Gasteiger partial charge in [0, 0.05) is 5.02 Å². The highest BCUT2D eigenvalue weighted by atomic mass is 35.5. The molecule has 0 bridgehead atoms. The minimum atomic E-state index is 0.109. The largest absolute Gasteiger partial charge is 0.493 e. The van der Waals surface area contributed by atoms with E-state index in [1.165, 1.54) is 12.8 Å². The van der Waals surface area contributed by atoms with Crippen molar-refractivity contribution in [2.45, 2.75) is 40.5 Å². The van der Waals surface area contributed by atoms with Crippen molar-refractivity contribution < 1.29 is 9.53 Å². The molecule has 0 amide bonds. The summed E-state index contributed by atoms with van der Waals surface area (Å²) in [6.07, 6.45) is 2.33. The fraction of sp³-hybridized carbons (Fsp3) is 0.611. The molecule has 2 rings (SSSR count). The molecule has 1 aliphatic heterocycles. The Balaban J connectivity index is 2.22. The molecule has 1 aromatic carbocycles. The first-order chi connectivity index (χ1) is 10.4. The van der Waals surface area contributed by atoms with Gasteiger partial charge in [0.25, 0.3) is 0 Å². The number of carbonyl (C=O) groups excluding carboxylic acids is 1. The van der Waals surface area contributed by atoms with Crippen molar-refractivity contribution in [1.82, 2.24) is 4.90 Å². The molecule has 1 fully saturated rings. The Hall–Kier alpha value is -1.06. The molecule has 1 aliphatic rings. The van der Waals surface area contributed by atoms with Crippen molar-refractivity contribution in [1.29, 1.82) is 0 Å². The lowest BCUT2D eigenvalue weighted by molar-refractivity contribution is 0.0895. The molecule has 3 nitrogen and oxygen atoms in total. The van der Waals surface area contributed by atoms with Gasteiger partial charge in [0.1, 0.15) is 5.75 Å². The number of hydrogen-bond donors (Lipinski definition) is 0. The number of aryl methyl sites for hydroxylation is 1. The number of nitrogens with zero attached hydrogens (tertiary/aromatic N) is 1. The highest BCUT2D eigenvalue weighted by molar-refractivity contribution is 6.32. The SMILES string of the molecule is CCOc1cc(C)c(Cl)c(C)c1C(=O)CN1CCC(C)CC1. The fourth-order valence-corrected chi connectivity index (χ4v) is 3.19. The molecular formula is C18H26ClNO2. The number of carbonyl (C=O) groups is 1. The van der Waals surface area contributed by atoms with Crippen LogP contribution in [0.5, 0.6) is 5.75 Å². The minimum absolute atomic E-state index is 0.109. The van der Waals surface area contributed by atoms with Crippen molar-refractivity contribution in [3.05, 3.63) is 27.8 Å². The van der Waals surface area contributed by atoms with Gasteiger partial charge in [-0.15, -0.1) is 0 Å². The van der Waals surface area contributed by atoms with Crippen LogP contribution in [0.1, 0.15) is 48.2 Å². The molecule has 4 heteroatoms. The van der Waals surface area contributed by atoms with Crippen LogP contribution < -0.4 is 4.74 Å². The maximum Gasteiger partial charge on any atom is 0.180 e.